The summed E-state index contributed by atoms with van der Waals surface area (Å²) in [5, 5.41) is 13.2. The number of aliphatic carboxylic acids is 1. The fraction of sp³-hybridized carbons (Fsp3) is 0.227. The first-order valence-electron chi connectivity index (χ1n) is 8.80. The maximum Gasteiger partial charge on any atom is 0.303 e. The lowest BCUT2D eigenvalue weighted by atomic mass is 10.00. The molecule has 1 unspecified atom stereocenters. The zero-order chi connectivity index (χ0) is 19.1. The minimum atomic E-state index is -0.829. The van der Waals surface area contributed by atoms with Gasteiger partial charge in [-0.25, -0.2) is 0 Å². The van der Waals surface area contributed by atoms with E-state index in [0.717, 1.165) is 22.4 Å². The molecule has 0 saturated heterocycles. The molecule has 0 amide bonds. The van der Waals surface area contributed by atoms with Crippen LogP contribution in [0.1, 0.15) is 35.6 Å². The molecule has 5 heteroatoms. The zero-order valence-corrected chi connectivity index (χ0v) is 15.9. The SMILES string of the molecule is Cc1ccccc1C(CCC(=O)O)Oc1cccc(OCc2ccsc2)c1. The van der Waals surface area contributed by atoms with Crippen molar-refractivity contribution >= 4 is 17.3 Å². The van der Waals surface area contributed by atoms with Crippen molar-refractivity contribution in [1.82, 2.24) is 0 Å². The number of carbonyl (C=O) groups is 1. The van der Waals surface area contributed by atoms with E-state index < -0.39 is 5.97 Å². The van der Waals surface area contributed by atoms with Gasteiger partial charge in [0.05, 0.1) is 0 Å². The molecule has 1 atom stereocenters. The Kier molecular flexibility index (Phi) is 6.49. The number of rotatable bonds is 9. The fourth-order valence-corrected chi connectivity index (χ4v) is 3.48. The van der Waals surface area contributed by atoms with E-state index in [9.17, 15) is 4.79 Å². The lowest BCUT2D eigenvalue weighted by Gasteiger charge is -2.21. The van der Waals surface area contributed by atoms with Crippen LogP contribution in [0.5, 0.6) is 11.5 Å². The zero-order valence-electron chi connectivity index (χ0n) is 15.1. The molecular weight excluding hydrogens is 360 g/mol. The predicted molar refractivity (Wildman–Crippen MR) is 107 cm³/mol. The summed E-state index contributed by atoms with van der Waals surface area (Å²) in [4.78, 5) is 11.0. The van der Waals surface area contributed by atoms with Crippen molar-refractivity contribution in [2.75, 3.05) is 0 Å². The normalized spacial score (nSPS) is 11.7. The Morgan fingerprint density at radius 1 is 1.11 bits per heavy atom. The Balaban J connectivity index is 1.73. The Morgan fingerprint density at radius 3 is 2.67 bits per heavy atom. The highest BCUT2D eigenvalue weighted by atomic mass is 32.1. The van der Waals surface area contributed by atoms with Crippen LogP contribution in [0.15, 0.2) is 65.4 Å². The molecule has 0 aliphatic carbocycles. The van der Waals surface area contributed by atoms with E-state index in [-0.39, 0.29) is 12.5 Å². The van der Waals surface area contributed by atoms with Gasteiger partial charge in [0.1, 0.15) is 24.2 Å². The Hall–Kier alpha value is -2.79. The number of ether oxygens (including phenoxy) is 2. The molecule has 0 aliphatic rings. The quantitative estimate of drug-likeness (QED) is 0.522. The molecule has 1 heterocycles. The Labute approximate surface area is 163 Å². The Bertz CT molecular complexity index is 874. The summed E-state index contributed by atoms with van der Waals surface area (Å²) in [6, 6.07) is 17.4. The largest absolute Gasteiger partial charge is 0.489 e. The summed E-state index contributed by atoms with van der Waals surface area (Å²) in [5.41, 5.74) is 3.21. The van der Waals surface area contributed by atoms with Gasteiger partial charge >= 0.3 is 5.97 Å². The maximum absolute atomic E-state index is 11.0. The van der Waals surface area contributed by atoms with Gasteiger partial charge in [-0.3, -0.25) is 4.79 Å². The van der Waals surface area contributed by atoms with E-state index in [1.165, 1.54) is 0 Å². The van der Waals surface area contributed by atoms with Crippen LogP contribution in [0.2, 0.25) is 0 Å². The van der Waals surface area contributed by atoms with Crippen molar-refractivity contribution in [1.29, 1.82) is 0 Å². The van der Waals surface area contributed by atoms with Crippen molar-refractivity contribution in [2.45, 2.75) is 32.5 Å². The molecule has 0 radical (unpaired) electrons. The summed E-state index contributed by atoms with van der Waals surface area (Å²) >= 11 is 1.64. The van der Waals surface area contributed by atoms with Crippen molar-refractivity contribution < 1.29 is 19.4 Å². The van der Waals surface area contributed by atoms with Crippen LogP contribution < -0.4 is 9.47 Å². The molecular formula is C22H22O4S. The van der Waals surface area contributed by atoms with Gasteiger partial charge in [-0.05, 0) is 59.0 Å². The van der Waals surface area contributed by atoms with Crippen LogP contribution in [-0.2, 0) is 11.4 Å². The van der Waals surface area contributed by atoms with Gasteiger partial charge in [0.2, 0.25) is 0 Å². The van der Waals surface area contributed by atoms with Crippen LogP contribution in [0, 0.1) is 6.92 Å². The van der Waals surface area contributed by atoms with Crippen molar-refractivity contribution in [3.05, 3.63) is 82.0 Å². The van der Waals surface area contributed by atoms with Crippen LogP contribution in [0.3, 0.4) is 0 Å². The second kappa shape index (κ2) is 9.24. The third kappa shape index (κ3) is 5.59. The highest BCUT2D eigenvalue weighted by Gasteiger charge is 2.17. The second-order valence-corrected chi connectivity index (χ2v) is 7.07. The second-order valence-electron chi connectivity index (χ2n) is 6.29. The molecule has 0 fully saturated rings. The minimum absolute atomic E-state index is 0.0490. The number of aryl methyl sites for hydroxylation is 1. The van der Waals surface area contributed by atoms with E-state index in [1.54, 1.807) is 11.3 Å². The molecule has 0 aliphatic heterocycles. The van der Waals surface area contributed by atoms with Gasteiger partial charge in [-0.1, -0.05) is 30.3 Å². The first-order chi connectivity index (χ1) is 13.1. The molecule has 27 heavy (non-hydrogen) atoms. The molecule has 0 spiro atoms. The van der Waals surface area contributed by atoms with E-state index in [2.05, 4.69) is 5.38 Å². The number of hydrogen-bond donors (Lipinski definition) is 1. The molecule has 3 aromatic rings. The predicted octanol–water partition coefficient (Wildman–Crippen LogP) is 5.62. The van der Waals surface area contributed by atoms with Crippen molar-refractivity contribution in [3.8, 4) is 11.5 Å². The average molecular weight is 382 g/mol. The van der Waals surface area contributed by atoms with Crippen molar-refractivity contribution in [3.63, 3.8) is 0 Å². The average Bonchev–Trinajstić information content (AvgIpc) is 3.18. The number of carboxylic acids is 1. The fourth-order valence-electron chi connectivity index (χ4n) is 2.82. The highest BCUT2D eigenvalue weighted by Crippen LogP contribution is 2.30. The lowest BCUT2D eigenvalue weighted by Crippen LogP contribution is -2.11. The van der Waals surface area contributed by atoms with Gasteiger partial charge in [-0.2, -0.15) is 11.3 Å². The Morgan fingerprint density at radius 2 is 1.93 bits per heavy atom. The molecule has 0 saturated carbocycles. The lowest BCUT2D eigenvalue weighted by molar-refractivity contribution is -0.137. The van der Waals surface area contributed by atoms with E-state index >= 15 is 0 Å². The summed E-state index contributed by atoms with van der Waals surface area (Å²) in [5.74, 6) is 0.557. The van der Waals surface area contributed by atoms with Gasteiger partial charge in [-0.15, -0.1) is 0 Å². The maximum atomic E-state index is 11.0. The van der Waals surface area contributed by atoms with E-state index in [1.807, 2.05) is 66.9 Å². The smallest absolute Gasteiger partial charge is 0.303 e. The topological polar surface area (TPSA) is 55.8 Å². The number of benzene rings is 2. The van der Waals surface area contributed by atoms with E-state index in [4.69, 9.17) is 14.6 Å². The van der Waals surface area contributed by atoms with E-state index in [0.29, 0.717) is 18.8 Å². The summed E-state index contributed by atoms with van der Waals surface area (Å²) < 4.78 is 12.0. The van der Waals surface area contributed by atoms with Gasteiger partial charge in [0.15, 0.2) is 0 Å². The monoisotopic (exact) mass is 382 g/mol. The van der Waals surface area contributed by atoms with Crippen LogP contribution >= 0.6 is 11.3 Å². The summed E-state index contributed by atoms with van der Waals surface area (Å²) in [6.45, 7) is 2.51. The van der Waals surface area contributed by atoms with Crippen LogP contribution in [0.4, 0.5) is 0 Å². The van der Waals surface area contributed by atoms with Crippen molar-refractivity contribution in [2.24, 2.45) is 0 Å². The van der Waals surface area contributed by atoms with Gasteiger partial charge in [0, 0.05) is 12.5 Å². The summed E-state index contributed by atoms with van der Waals surface area (Å²) in [7, 11) is 0. The first kappa shape index (κ1) is 19.0. The molecule has 0 bridgehead atoms. The van der Waals surface area contributed by atoms with Gasteiger partial charge in [0.25, 0.3) is 0 Å². The minimum Gasteiger partial charge on any atom is -0.489 e. The number of hydrogen-bond acceptors (Lipinski definition) is 4. The molecule has 4 nitrogen and oxygen atoms in total. The molecule has 2 aromatic carbocycles. The molecule has 140 valence electrons. The molecule has 1 aromatic heterocycles. The third-order valence-electron chi connectivity index (χ3n) is 4.23. The van der Waals surface area contributed by atoms with Crippen LogP contribution in [-0.4, -0.2) is 11.1 Å². The first-order valence-corrected chi connectivity index (χ1v) is 9.74. The third-order valence-corrected chi connectivity index (χ3v) is 4.96. The molecule has 3 rings (SSSR count). The standard InChI is InChI=1S/C22H22O4S/c1-16-5-2-3-8-20(16)21(9-10-22(23)24)26-19-7-4-6-18(13-19)25-14-17-11-12-27-15-17/h2-8,11-13,15,21H,9-10,14H2,1H3,(H,23,24). The van der Waals surface area contributed by atoms with Crippen LogP contribution in [0.25, 0.3) is 0 Å². The number of carboxylic acid groups (broad SMARTS) is 1. The summed E-state index contributed by atoms with van der Waals surface area (Å²) in [6.07, 6.45) is 0.127. The number of thiophene rings is 1. The highest BCUT2D eigenvalue weighted by molar-refractivity contribution is 7.07. The van der Waals surface area contributed by atoms with Gasteiger partial charge < -0.3 is 14.6 Å². The molecule has 1 N–H and O–H groups in total.